The van der Waals surface area contributed by atoms with Gasteiger partial charge in [-0.3, -0.25) is 9.59 Å². The number of hydrogen-bond donors (Lipinski definition) is 0. The summed E-state index contributed by atoms with van der Waals surface area (Å²) in [6, 6.07) is 13.0. The summed E-state index contributed by atoms with van der Waals surface area (Å²) in [7, 11) is 0. The predicted octanol–water partition coefficient (Wildman–Crippen LogP) is 2.32. The third kappa shape index (κ3) is 3.11. The average molecular weight is 296 g/mol. The summed E-state index contributed by atoms with van der Waals surface area (Å²) in [5, 5.41) is 0. The topological polar surface area (TPSA) is 42.3 Å². The first kappa shape index (κ1) is 14.6. The van der Waals surface area contributed by atoms with Crippen LogP contribution in [0.4, 0.5) is 0 Å². The van der Waals surface area contributed by atoms with Crippen molar-refractivity contribution in [3.63, 3.8) is 0 Å². The van der Waals surface area contributed by atoms with Crippen molar-refractivity contribution >= 4 is 5.91 Å². The highest BCUT2D eigenvalue weighted by Crippen LogP contribution is 2.20. The van der Waals surface area contributed by atoms with E-state index in [4.69, 9.17) is 0 Å². The second kappa shape index (κ2) is 6.18. The number of benzene rings is 1. The Morgan fingerprint density at radius 2 is 2.00 bits per heavy atom. The minimum absolute atomic E-state index is 0.0350. The molecule has 3 rings (SSSR count). The Balaban J connectivity index is 1.65. The molecule has 1 amide bonds. The summed E-state index contributed by atoms with van der Waals surface area (Å²) in [5.41, 5.74) is 1.75. The number of rotatable bonds is 3. The number of pyridine rings is 1. The predicted molar refractivity (Wildman–Crippen MR) is 85.9 cm³/mol. The van der Waals surface area contributed by atoms with Gasteiger partial charge in [0.05, 0.1) is 0 Å². The molecule has 1 aliphatic rings. The summed E-state index contributed by atoms with van der Waals surface area (Å²) in [4.78, 5) is 26.2. The van der Waals surface area contributed by atoms with Crippen molar-refractivity contribution in [2.75, 3.05) is 13.1 Å². The molecule has 4 heteroatoms. The van der Waals surface area contributed by atoms with Gasteiger partial charge in [0, 0.05) is 37.5 Å². The van der Waals surface area contributed by atoms with E-state index in [1.807, 2.05) is 54.4 Å². The Hall–Kier alpha value is -2.36. The zero-order valence-electron chi connectivity index (χ0n) is 12.7. The Morgan fingerprint density at radius 3 is 2.73 bits per heavy atom. The Kier molecular flexibility index (Phi) is 4.09. The van der Waals surface area contributed by atoms with Gasteiger partial charge < -0.3 is 9.47 Å². The molecule has 4 nitrogen and oxygen atoms in total. The molecular formula is C18H20N2O2. The van der Waals surface area contributed by atoms with Crippen LogP contribution in [0.15, 0.2) is 53.5 Å². The molecule has 2 aromatic rings. The molecule has 2 heterocycles. The van der Waals surface area contributed by atoms with Crippen molar-refractivity contribution in [3.8, 4) is 0 Å². The van der Waals surface area contributed by atoms with Gasteiger partial charge in [-0.25, -0.2) is 0 Å². The van der Waals surface area contributed by atoms with E-state index < -0.39 is 0 Å². The lowest BCUT2D eigenvalue weighted by atomic mass is 10.1. The molecule has 0 spiro atoms. The minimum Gasteiger partial charge on any atom is -0.338 e. The number of amides is 1. The van der Waals surface area contributed by atoms with Crippen LogP contribution in [0.1, 0.15) is 22.3 Å². The number of nitrogens with zero attached hydrogens (tertiary/aromatic N) is 2. The Labute approximate surface area is 130 Å². The fourth-order valence-electron chi connectivity index (χ4n) is 2.97. The summed E-state index contributed by atoms with van der Waals surface area (Å²) < 4.78 is 1.74. The van der Waals surface area contributed by atoms with Crippen LogP contribution in [-0.2, 0) is 6.54 Å². The van der Waals surface area contributed by atoms with E-state index in [-0.39, 0.29) is 11.5 Å². The highest BCUT2D eigenvalue weighted by Gasteiger charge is 2.27. The number of carbonyl (C=O) groups excluding carboxylic acids is 1. The zero-order valence-corrected chi connectivity index (χ0v) is 12.7. The van der Waals surface area contributed by atoms with Crippen LogP contribution >= 0.6 is 0 Å². The van der Waals surface area contributed by atoms with Crippen LogP contribution in [0.5, 0.6) is 0 Å². The first-order chi connectivity index (χ1) is 10.6. The van der Waals surface area contributed by atoms with Crippen LogP contribution in [0.2, 0.25) is 0 Å². The van der Waals surface area contributed by atoms with Crippen molar-refractivity contribution in [2.45, 2.75) is 19.9 Å². The van der Waals surface area contributed by atoms with Crippen molar-refractivity contribution in [3.05, 3.63) is 70.1 Å². The summed E-state index contributed by atoms with van der Waals surface area (Å²) in [5.74, 6) is 0.424. The number of aromatic nitrogens is 1. The van der Waals surface area contributed by atoms with Crippen LogP contribution in [0.25, 0.3) is 0 Å². The van der Waals surface area contributed by atoms with E-state index >= 15 is 0 Å². The van der Waals surface area contributed by atoms with Gasteiger partial charge in [0.25, 0.3) is 11.5 Å². The van der Waals surface area contributed by atoms with Crippen molar-refractivity contribution < 1.29 is 4.79 Å². The normalized spacial score (nSPS) is 17.7. The number of carbonyl (C=O) groups is 1. The molecule has 1 fully saturated rings. The van der Waals surface area contributed by atoms with Gasteiger partial charge in [-0.2, -0.15) is 0 Å². The molecule has 0 bridgehead atoms. The van der Waals surface area contributed by atoms with Crippen molar-refractivity contribution in [1.82, 2.24) is 9.47 Å². The fraction of sp³-hybridized carbons (Fsp3) is 0.333. The van der Waals surface area contributed by atoms with E-state index in [1.54, 1.807) is 10.6 Å². The third-order valence-electron chi connectivity index (χ3n) is 4.20. The van der Waals surface area contributed by atoms with Crippen molar-refractivity contribution in [1.29, 1.82) is 0 Å². The molecule has 0 N–H and O–H groups in total. The molecule has 0 unspecified atom stereocenters. The Bertz CT molecular complexity index is 721. The highest BCUT2D eigenvalue weighted by molar-refractivity contribution is 5.94. The molecular weight excluding hydrogens is 276 g/mol. The van der Waals surface area contributed by atoms with Gasteiger partial charge in [-0.05, 0) is 43.0 Å². The largest absolute Gasteiger partial charge is 0.338 e. The molecule has 0 aliphatic carbocycles. The number of hydrogen-bond acceptors (Lipinski definition) is 2. The monoisotopic (exact) mass is 296 g/mol. The van der Waals surface area contributed by atoms with E-state index in [9.17, 15) is 9.59 Å². The molecule has 114 valence electrons. The summed E-state index contributed by atoms with van der Waals surface area (Å²) in [6.45, 7) is 4.08. The first-order valence-electron chi connectivity index (χ1n) is 7.65. The lowest BCUT2D eigenvalue weighted by Crippen LogP contribution is -2.30. The fourth-order valence-corrected chi connectivity index (χ4v) is 2.97. The zero-order chi connectivity index (χ0) is 15.5. The smallest absolute Gasteiger partial charge is 0.253 e. The minimum atomic E-state index is 0.0350. The van der Waals surface area contributed by atoms with Gasteiger partial charge in [0.1, 0.15) is 0 Å². The van der Waals surface area contributed by atoms with Gasteiger partial charge in [-0.15, -0.1) is 0 Å². The maximum atomic E-state index is 12.4. The van der Waals surface area contributed by atoms with Gasteiger partial charge in [0.15, 0.2) is 0 Å². The van der Waals surface area contributed by atoms with Crippen molar-refractivity contribution in [2.24, 2.45) is 5.92 Å². The lowest BCUT2D eigenvalue weighted by molar-refractivity contribution is 0.0786. The summed E-state index contributed by atoms with van der Waals surface area (Å²) in [6.07, 6.45) is 2.79. The maximum Gasteiger partial charge on any atom is 0.253 e. The number of likely N-dealkylation sites (tertiary alicyclic amines) is 1. The first-order valence-corrected chi connectivity index (χ1v) is 7.65. The molecule has 22 heavy (non-hydrogen) atoms. The standard InChI is InChI=1S/C18H20N2O2/c1-14-7-9-19(17(21)11-14)12-15-8-10-20(13-15)18(22)16-5-3-2-4-6-16/h2-7,9,11,15H,8,10,12-13H2,1H3/t15-/m1/s1. The summed E-state index contributed by atoms with van der Waals surface area (Å²) >= 11 is 0. The Morgan fingerprint density at radius 1 is 1.23 bits per heavy atom. The molecule has 1 saturated heterocycles. The molecule has 1 aliphatic heterocycles. The van der Waals surface area contributed by atoms with E-state index in [1.165, 1.54) is 0 Å². The van der Waals surface area contributed by atoms with Crippen LogP contribution in [-0.4, -0.2) is 28.5 Å². The van der Waals surface area contributed by atoms with E-state index in [2.05, 4.69) is 0 Å². The second-order valence-corrected chi connectivity index (χ2v) is 5.97. The van der Waals surface area contributed by atoms with E-state index in [0.29, 0.717) is 19.0 Å². The highest BCUT2D eigenvalue weighted by atomic mass is 16.2. The number of aryl methyl sites for hydroxylation is 1. The average Bonchev–Trinajstić information content (AvgIpc) is 2.99. The quantitative estimate of drug-likeness (QED) is 0.872. The second-order valence-electron chi connectivity index (χ2n) is 5.97. The third-order valence-corrected chi connectivity index (χ3v) is 4.20. The SMILES string of the molecule is Cc1ccn(C[C@H]2CCN(C(=O)c3ccccc3)C2)c(=O)c1. The van der Waals surface area contributed by atoms with E-state index in [0.717, 1.165) is 24.1 Å². The molecule has 1 atom stereocenters. The lowest BCUT2D eigenvalue weighted by Gasteiger charge is -2.17. The molecule has 1 aromatic heterocycles. The van der Waals surface area contributed by atoms with Crippen LogP contribution in [0, 0.1) is 12.8 Å². The van der Waals surface area contributed by atoms with Gasteiger partial charge in [-0.1, -0.05) is 18.2 Å². The molecule has 1 aromatic carbocycles. The maximum absolute atomic E-state index is 12.4. The molecule has 0 saturated carbocycles. The van der Waals surface area contributed by atoms with Crippen LogP contribution in [0.3, 0.4) is 0 Å². The van der Waals surface area contributed by atoms with Gasteiger partial charge >= 0.3 is 0 Å². The molecule has 0 radical (unpaired) electrons. The van der Waals surface area contributed by atoms with Crippen LogP contribution < -0.4 is 5.56 Å². The van der Waals surface area contributed by atoms with Gasteiger partial charge in [0.2, 0.25) is 0 Å².